The first-order valence-electron chi connectivity index (χ1n) is 6.88. The molecule has 4 heteroatoms. The lowest BCUT2D eigenvalue weighted by molar-refractivity contribution is -0.129. The highest BCUT2D eigenvalue weighted by atomic mass is 16.5. The van der Waals surface area contributed by atoms with Gasteiger partial charge in [-0.05, 0) is 18.8 Å². The summed E-state index contributed by atoms with van der Waals surface area (Å²) >= 11 is 0. The van der Waals surface area contributed by atoms with Crippen LogP contribution in [0.4, 0.5) is 0 Å². The van der Waals surface area contributed by atoms with E-state index in [9.17, 15) is 10.1 Å². The fourth-order valence-electron chi connectivity index (χ4n) is 2.27. The van der Waals surface area contributed by atoms with Gasteiger partial charge in [0.25, 0.3) is 0 Å². The molecule has 0 aromatic carbocycles. The van der Waals surface area contributed by atoms with Crippen molar-refractivity contribution in [3.05, 3.63) is 0 Å². The van der Waals surface area contributed by atoms with Crippen molar-refractivity contribution < 1.29 is 9.53 Å². The molecule has 4 nitrogen and oxygen atoms in total. The number of nitrogens with one attached hydrogen (secondary N) is 1. The minimum Gasteiger partial charge on any atom is -0.379 e. The van der Waals surface area contributed by atoms with Gasteiger partial charge in [0.1, 0.15) is 5.41 Å². The number of hydrogen-bond donors (Lipinski definition) is 1. The number of ether oxygens (including phenoxy) is 1. The van der Waals surface area contributed by atoms with E-state index in [0.717, 1.165) is 19.3 Å². The third kappa shape index (κ3) is 4.30. The summed E-state index contributed by atoms with van der Waals surface area (Å²) in [5.41, 5.74) is -0.781. The van der Waals surface area contributed by atoms with Crippen molar-refractivity contribution in [2.75, 3.05) is 19.8 Å². The maximum Gasteiger partial charge on any atom is 0.240 e. The molecule has 0 aromatic heterocycles. The summed E-state index contributed by atoms with van der Waals surface area (Å²) in [5, 5.41) is 12.1. The van der Waals surface area contributed by atoms with Crippen LogP contribution in [0, 0.1) is 22.7 Å². The van der Waals surface area contributed by atoms with Gasteiger partial charge >= 0.3 is 0 Å². The maximum atomic E-state index is 12.1. The number of nitrogens with zero attached hydrogens (tertiary/aromatic N) is 1. The monoisotopic (exact) mass is 252 g/mol. The van der Waals surface area contributed by atoms with Gasteiger partial charge in [-0.1, -0.05) is 33.1 Å². The van der Waals surface area contributed by atoms with Gasteiger partial charge in [0.05, 0.1) is 12.7 Å². The molecular formula is C14H24N2O2. The van der Waals surface area contributed by atoms with E-state index in [-0.39, 0.29) is 5.91 Å². The molecule has 1 aliphatic rings. The first-order valence-corrected chi connectivity index (χ1v) is 6.88. The van der Waals surface area contributed by atoms with Crippen LogP contribution in [-0.4, -0.2) is 25.7 Å². The number of carbonyl (C=O) groups is 1. The van der Waals surface area contributed by atoms with Gasteiger partial charge in [0.2, 0.25) is 5.91 Å². The van der Waals surface area contributed by atoms with Crippen molar-refractivity contribution in [2.24, 2.45) is 11.3 Å². The van der Waals surface area contributed by atoms with Crippen LogP contribution in [-0.2, 0) is 9.53 Å². The molecule has 18 heavy (non-hydrogen) atoms. The molecule has 0 saturated heterocycles. The molecule has 0 bridgehead atoms. The second-order valence-electron chi connectivity index (χ2n) is 5.48. The van der Waals surface area contributed by atoms with Gasteiger partial charge in [-0.25, -0.2) is 0 Å². The Labute approximate surface area is 110 Å². The summed E-state index contributed by atoms with van der Waals surface area (Å²) in [7, 11) is 0. The number of carbonyl (C=O) groups excluding carboxylic acids is 1. The zero-order valence-electron chi connectivity index (χ0n) is 11.5. The predicted molar refractivity (Wildman–Crippen MR) is 69.8 cm³/mol. The first kappa shape index (κ1) is 15.0. The molecule has 0 atom stereocenters. The lowest BCUT2D eigenvalue weighted by Crippen LogP contribution is -2.42. The minimum atomic E-state index is -0.781. The van der Waals surface area contributed by atoms with E-state index < -0.39 is 5.41 Å². The van der Waals surface area contributed by atoms with Crippen LogP contribution in [0.2, 0.25) is 0 Å². The van der Waals surface area contributed by atoms with Crippen LogP contribution in [0.5, 0.6) is 0 Å². The second kappa shape index (κ2) is 7.38. The second-order valence-corrected chi connectivity index (χ2v) is 5.48. The smallest absolute Gasteiger partial charge is 0.240 e. The third-order valence-electron chi connectivity index (χ3n) is 3.34. The molecule has 0 aliphatic heterocycles. The number of amides is 1. The molecule has 1 amide bonds. The average molecular weight is 252 g/mol. The van der Waals surface area contributed by atoms with Crippen LogP contribution >= 0.6 is 0 Å². The van der Waals surface area contributed by atoms with Crippen LogP contribution in [0.15, 0.2) is 0 Å². The van der Waals surface area contributed by atoms with Crippen molar-refractivity contribution in [3.8, 4) is 6.07 Å². The van der Waals surface area contributed by atoms with Gasteiger partial charge in [-0.2, -0.15) is 5.26 Å². The Hall–Kier alpha value is -1.08. The summed E-state index contributed by atoms with van der Waals surface area (Å²) in [6, 6.07) is 2.22. The van der Waals surface area contributed by atoms with E-state index in [2.05, 4.69) is 25.2 Å². The quantitative estimate of drug-likeness (QED) is 0.737. The van der Waals surface area contributed by atoms with Crippen LogP contribution in [0.25, 0.3) is 0 Å². The minimum absolute atomic E-state index is 0.113. The van der Waals surface area contributed by atoms with Gasteiger partial charge < -0.3 is 10.1 Å². The van der Waals surface area contributed by atoms with Crippen molar-refractivity contribution in [2.45, 2.75) is 46.0 Å². The Bertz CT molecular complexity index is 301. The SMILES string of the molecule is CC(C)COCCNC(=O)C1(C#N)CCCCC1. The summed E-state index contributed by atoms with van der Waals surface area (Å²) in [4.78, 5) is 12.1. The van der Waals surface area contributed by atoms with E-state index in [1.165, 1.54) is 0 Å². The highest BCUT2D eigenvalue weighted by molar-refractivity contribution is 5.85. The normalized spacial score (nSPS) is 18.3. The fraction of sp³-hybridized carbons (Fsp3) is 0.857. The van der Waals surface area contributed by atoms with Gasteiger partial charge in [0.15, 0.2) is 0 Å². The van der Waals surface area contributed by atoms with Crippen LogP contribution in [0.3, 0.4) is 0 Å². The molecule has 1 N–H and O–H groups in total. The van der Waals surface area contributed by atoms with E-state index >= 15 is 0 Å². The highest BCUT2D eigenvalue weighted by Crippen LogP contribution is 2.35. The number of hydrogen-bond acceptors (Lipinski definition) is 3. The summed E-state index contributed by atoms with van der Waals surface area (Å²) in [6.45, 7) is 5.90. The lowest BCUT2D eigenvalue weighted by atomic mass is 9.74. The molecule has 1 fully saturated rings. The largest absolute Gasteiger partial charge is 0.379 e. The zero-order chi connectivity index (χ0) is 13.4. The molecule has 0 radical (unpaired) electrons. The van der Waals surface area contributed by atoms with E-state index in [1.807, 2.05) is 0 Å². The van der Waals surface area contributed by atoms with Gasteiger partial charge in [0, 0.05) is 13.2 Å². The summed E-state index contributed by atoms with van der Waals surface area (Å²) in [6.07, 6.45) is 4.48. The molecular weight excluding hydrogens is 228 g/mol. The Kier molecular flexibility index (Phi) is 6.14. The van der Waals surface area contributed by atoms with E-state index in [0.29, 0.717) is 38.5 Å². The van der Waals surface area contributed by atoms with Crippen molar-refractivity contribution in [1.82, 2.24) is 5.32 Å². The van der Waals surface area contributed by atoms with Gasteiger partial charge in [-0.3, -0.25) is 4.79 Å². The van der Waals surface area contributed by atoms with Crippen LogP contribution < -0.4 is 5.32 Å². The Balaban J connectivity index is 2.28. The molecule has 102 valence electrons. The number of nitriles is 1. The molecule has 0 heterocycles. The Morgan fingerprint density at radius 2 is 2.06 bits per heavy atom. The molecule has 1 aliphatic carbocycles. The average Bonchev–Trinajstić information content (AvgIpc) is 2.38. The molecule has 1 saturated carbocycles. The fourth-order valence-corrected chi connectivity index (χ4v) is 2.27. The third-order valence-corrected chi connectivity index (χ3v) is 3.34. The molecule has 0 aromatic rings. The number of rotatable bonds is 6. The molecule has 0 unspecified atom stereocenters. The molecule has 0 spiro atoms. The Morgan fingerprint density at radius 3 is 2.61 bits per heavy atom. The zero-order valence-corrected chi connectivity index (χ0v) is 11.5. The maximum absolute atomic E-state index is 12.1. The van der Waals surface area contributed by atoms with Gasteiger partial charge in [-0.15, -0.1) is 0 Å². The standard InChI is InChI=1S/C14H24N2O2/c1-12(2)10-18-9-8-16-13(17)14(11-15)6-4-3-5-7-14/h12H,3-10H2,1-2H3,(H,16,17). The van der Waals surface area contributed by atoms with Crippen molar-refractivity contribution in [1.29, 1.82) is 5.26 Å². The topological polar surface area (TPSA) is 62.1 Å². The van der Waals surface area contributed by atoms with Crippen LogP contribution in [0.1, 0.15) is 46.0 Å². The summed E-state index contributed by atoms with van der Waals surface area (Å²) in [5.74, 6) is 0.391. The van der Waals surface area contributed by atoms with E-state index in [1.54, 1.807) is 0 Å². The molecule has 1 rings (SSSR count). The predicted octanol–water partition coefficient (Wildman–Crippen LogP) is 2.25. The van der Waals surface area contributed by atoms with Crippen molar-refractivity contribution >= 4 is 5.91 Å². The highest BCUT2D eigenvalue weighted by Gasteiger charge is 2.39. The van der Waals surface area contributed by atoms with E-state index in [4.69, 9.17) is 4.74 Å². The Morgan fingerprint density at radius 1 is 1.39 bits per heavy atom. The first-order chi connectivity index (χ1) is 8.60. The summed E-state index contributed by atoms with van der Waals surface area (Å²) < 4.78 is 5.40. The lowest BCUT2D eigenvalue weighted by Gasteiger charge is -2.29. The van der Waals surface area contributed by atoms with Crippen molar-refractivity contribution in [3.63, 3.8) is 0 Å².